The molecule has 1 unspecified atom stereocenters. The van der Waals surface area contributed by atoms with Crippen molar-refractivity contribution in [3.8, 4) is 0 Å². The number of allylic oxidation sites excluding steroid dienone is 4. The fraction of sp³-hybridized carbons (Fsp3) is 0.682. The van der Waals surface area contributed by atoms with Gasteiger partial charge in [0.05, 0.1) is 0 Å². The van der Waals surface area contributed by atoms with Crippen LogP contribution in [-0.4, -0.2) is 23.7 Å². The molecule has 0 bridgehead atoms. The van der Waals surface area contributed by atoms with Crippen molar-refractivity contribution < 1.29 is 23.5 Å². The molecule has 144 valence electrons. The summed E-state index contributed by atoms with van der Waals surface area (Å²) in [5.41, 5.74) is 0.0170. The van der Waals surface area contributed by atoms with Gasteiger partial charge in [-0.3, -0.25) is 14.4 Å². The highest BCUT2D eigenvalue weighted by Crippen LogP contribution is 2.70. The zero-order valence-electron chi connectivity index (χ0n) is 16.0. The van der Waals surface area contributed by atoms with E-state index in [2.05, 4.69) is 13.0 Å². The summed E-state index contributed by atoms with van der Waals surface area (Å²) in [5.74, 6) is 0.0734. The number of Topliss-reactive ketones (excluding diaryl/α,β-unsaturated/α-hetero) is 2. The van der Waals surface area contributed by atoms with Crippen LogP contribution in [0.25, 0.3) is 0 Å². The number of hydrogen-bond acceptors (Lipinski definition) is 4. The smallest absolute Gasteiger partial charge is 0.308 e. The number of hydrogen-bond donors (Lipinski definition) is 0. The Kier molecular flexibility index (Phi) is 3.32. The summed E-state index contributed by atoms with van der Waals surface area (Å²) in [6.07, 6.45) is 5.32. The molecular weight excluding hydrogens is 347 g/mol. The third-order valence-corrected chi connectivity index (χ3v) is 8.48. The van der Waals surface area contributed by atoms with Crippen LogP contribution < -0.4 is 0 Å². The molecule has 0 saturated heterocycles. The molecular formula is C22H25FO4. The molecule has 3 fully saturated rings. The molecule has 0 spiro atoms. The molecule has 0 aromatic carbocycles. The van der Waals surface area contributed by atoms with E-state index < -0.39 is 17.6 Å². The van der Waals surface area contributed by atoms with Crippen molar-refractivity contribution in [1.82, 2.24) is 0 Å². The van der Waals surface area contributed by atoms with E-state index in [9.17, 15) is 18.8 Å². The zero-order valence-corrected chi connectivity index (χ0v) is 16.0. The third-order valence-electron chi connectivity index (χ3n) is 8.48. The summed E-state index contributed by atoms with van der Waals surface area (Å²) >= 11 is 0. The van der Waals surface area contributed by atoms with Crippen LogP contribution in [0.3, 0.4) is 0 Å². The molecule has 0 N–H and O–H groups in total. The molecule has 0 aromatic heterocycles. The minimum atomic E-state index is -1.35. The second-order valence-corrected chi connectivity index (χ2v) is 9.61. The summed E-state index contributed by atoms with van der Waals surface area (Å²) in [6, 6.07) is 0. The summed E-state index contributed by atoms with van der Waals surface area (Å²) in [4.78, 5) is 36.8. The van der Waals surface area contributed by atoms with Gasteiger partial charge in [0.25, 0.3) is 0 Å². The Hall–Kier alpha value is -1.78. The zero-order chi connectivity index (χ0) is 19.3. The monoisotopic (exact) mass is 372 g/mol. The molecule has 5 rings (SSSR count). The third kappa shape index (κ3) is 2.01. The van der Waals surface area contributed by atoms with Gasteiger partial charge in [0.15, 0.2) is 17.7 Å². The molecule has 8 atom stereocenters. The molecule has 0 aliphatic heterocycles. The van der Waals surface area contributed by atoms with Crippen LogP contribution in [0.4, 0.5) is 4.39 Å². The molecule has 4 nitrogen and oxygen atoms in total. The van der Waals surface area contributed by atoms with Crippen LogP contribution in [0.2, 0.25) is 0 Å². The van der Waals surface area contributed by atoms with E-state index in [0.29, 0.717) is 12.8 Å². The summed E-state index contributed by atoms with van der Waals surface area (Å²) in [5, 5.41) is 0. The van der Waals surface area contributed by atoms with Gasteiger partial charge in [-0.1, -0.05) is 26.0 Å². The maximum absolute atomic E-state index is 14.3. The maximum atomic E-state index is 14.3. The molecule has 5 aliphatic rings. The summed E-state index contributed by atoms with van der Waals surface area (Å²) < 4.78 is 19.7. The van der Waals surface area contributed by atoms with Gasteiger partial charge >= 0.3 is 5.97 Å². The van der Waals surface area contributed by atoms with Gasteiger partial charge < -0.3 is 4.74 Å². The summed E-state index contributed by atoms with van der Waals surface area (Å²) in [7, 11) is 0. The Labute approximate surface area is 158 Å². The van der Waals surface area contributed by atoms with Crippen molar-refractivity contribution >= 4 is 17.5 Å². The van der Waals surface area contributed by atoms with Crippen LogP contribution in [0.15, 0.2) is 23.5 Å². The van der Waals surface area contributed by atoms with Crippen LogP contribution in [0, 0.1) is 40.4 Å². The van der Waals surface area contributed by atoms with Gasteiger partial charge in [0.2, 0.25) is 5.78 Å². The van der Waals surface area contributed by atoms with E-state index in [1.165, 1.54) is 6.92 Å². The normalized spacial score (nSPS) is 49.9. The van der Waals surface area contributed by atoms with E-state index in [-0.39, 0.29) is 52.3 Å². The molecule has 0 amide bonds. The molecule has 5 heteroatoms. The lowest BCUT2D eigenvalue weighted by atomic mass is 9.49. The molecule has 0 radical (unpaired) electrons. The van der Waals surface area contributed by atoms with E-state index in [4.69, 9.17) is 4.74 Å². The van der Waals surface area contributed by atoms with E-state index in [1.54, 1.807) is 0 Å². The number of rotatable bonds is 1. The predicted octanol–water partition coefficient (Wildman–Crippen LogP) is 3.56. The van der Waals surface area contributed by atoms with Crippen molar-refractivity contribution in [3.63, 3.8) is 0 Å². The van der Waals surface area contributed by atoms with Crippen LogP contribution >= 0.6 is 0 Å². The van der Waals surface area contributed by atoms with E-state index in [0.717, 1.165) is 18.4 Å². The standard InChI is InChI=1S/C22H25FO4/c1-10(24)27-19-14-5-4-11-13(22(14,3)16-8-12(16)18(19)25)6-7-21(2)15(11)9-17(23)20(21)26/h4-5,11-13,15-17H,6-9H2,1-3H3/t11-,12+,13+,15+,16?,17-,21+,22-/m1/s1. The number of carbonyl (C=O) groups is 3. The van der Waals surface area contributed by atoms with Crippen molar-refractivity contribution in [2.45, 2.75) is 52.6 Å². The first-order valence-electron chi connectivity index (χ1n) is 10.0. The van der Waals surface area contributed by atoms with E-state index >= 15 is 0 Å². The van der Waals surface area contributed by atoms with Gasteiger partial charge in [0, 0.05) is 29.2 Å². The number of halogens is 1. The Bertz CT molecular complexity index is 841. The Balaban J connectivity index is 1.62. The minimum Gasteiger partial charge on any atom is -0.423 e. The molecule has 5 aliphatic carbocycles. The average Bonchev–Trinajstić information content (AvgIpc) is 3.38. The molecule has 27 heavy (non-hydrogen) atoms. The first-order chi connectivity index (χ1) is 12.7. The highest BCUT2D eigenvalue weighted by Gasteiger charge is 2.68. The van der Waals surface area contributed by atoms with E-state index in [1.807, 2.05) is 13.0 Å². The average molecular weight is 372 g/mol. The van der Waals surface area contributed by atoms with Crippen molar-refractivity contribution in [1.29, 1.82) is 0 Å². The Morgan fingerprint density at radius 3 is 2.63 bits per heavy atom. The molecule has 0 aromatic rings. The first-order valence-corrected chi connectivity index (χ1v) is 10.0. The lowest BCUT2D eigenvalue weighted by molar-refractivity contribution is -0.142. The largest absolute Gasteiger partial charge is 0.423 e. The van der Waals surface area contributed by atoms with Crippen LogP contribution in [-0.2, 0) is 19.1 Å². The first kappa shape index (κ1) is 17.3. The predicted molar refractivity (Wildman–Crippen MR) is 95.0 cm³/mol. The van der Waals surface area contributed by atoms with Crippen molar-refractivity contribution in [2.75, 3.05) is 0 Å². The highest BCUT2D eigenvalue weighted by molar-refractivity contribution is 6.02. The van der Waals surface area contributed by atoms with Gasteiger partial charge in [-0.05, 0) is 49.4 Å². The summed E-state index contributed by atoms with van der Waals surface area (Å²) in [6.45, 7) is 5.45. The second kappa shape index (κ2) is 5.18. The Morgan fingerprint density at radius 2 is 1.93 bits per heavy atom. The number of carbonyl (C=O) groups excluding carboxylic acids is 3. The van der Waals surface area contributed by atoms with Gasteiger partial charge in [-0.2, -0.15) is 0 Å². The van der Waals surface area contributed by atoms with Crippen molar-refractivity contribution in [3.05, 3.63) is 23.5 Å². The number of ether oxygens (including phenoxy) is 1. The minimum absolute atomic E-state index is 0.0142. The van der Waals surface area contributed by atoms with Gasteiger partial charge in [-0.15, -0.1) is 0 Å². The fourth-order valence-corrected chi connectivity index (χ4v) is 7.00. The van der Waals surface area contributed by atoms with Gasteiger partial charge in [0.1, 0.15) is 0 Å². The lowest BCUT2D eigenvalue weighted by Gasteiger charge is -2.54. The number of ketones is 2. The second-order valence-electron chi connectivity index (χ2n) is 9.61. The Morgan fingerprint density at radius 1 is 1.19 bits per heavy atom. The molecule has 0 heterocycles. The maximum Gasteiger partial charge on any atom is 0.308 e. The van der Waals surface area contributed by atoms with Gasteiger partial charge in [-0.25, -0.2) is 4.39 Å². The van der Waals surface area contributed by atoms with Crippen molar-refractivity contribution in [2.24, 2.45) is 40.4 Å². The molecule has 3 saturated carbocycles. The SMILES string of the molecule is CC(=O)OC1=C2C=C[C@H]3[C@@H]4C[C@@H](F)C(=O)[C@@]4(C)CC[C@@H]3[C@@]2(C)C2C[C@@H]2C1=O. The number of esters is 1. The fourth-order valence-electron chi connectivity index (χ4n) is 7.00. The lowest BCUT2D eigenvalue weighted by Crippen LogP contribution is -2.50. The number of fused-ring (bicyclic) bond motifs is 7. The highest BCUT2D eigenvalue weighted by atomic mass is 19.1. The van der Waals surface area contributed by atoms with Crippen LogP contribution in [0.5, 0.6) is 0 Å². The van der Waals surface area contributed by atoms with Crippen LogP contribution in [0.1, 0.15) is 46.5 Å². The number of alkyl halides is 1. The topological polar surface area (TPSA) is 60.4 Å². The quantitative estimate of drug-likeness (QED) is 0.661.